The van der Waals surface area contributed by atoms with Gasteiger partial charge in [-0.2, -0.15) is 0 Å². The number of nitrogens with one attached hydrogen (secondary N) is 2. The van der Waals surface area contributed by atoms with Crippen molar-refractivity contribution in [2.24, 2.45) is 0 Å². The average molecular weight is 358 g/mol. The smallest absolute Gasteiger partial charge is 0.319 e. The minimum absolute atomic E-state index is 0.333. The Kier molecular flexibility index (Phi) is 5.20. The number of pyridine rings is 1. The zero-order chi connectivity index (χ0) is 17.6. The number of benzene rings is 1. The molecule has 25 heavy (non-hydrogen) atoms. The zero-order valence-corrected chi connectivity index (χ0v) is 14.1. The summed E-state index contributed by atoms with van der Waals surface area (Å²) in [6.45, 7) is 2.33. The van der Waals surface area contributed by atoms with Gasteiger partial charge in [-0.3, -0.25) is 0 Å². The number of rotatable bonds is 5. The predicted octanol–water partition coefficient (Wildman–Crippen LogP) is 4.10. The van der Waals surface area contributed by atoms with Crippen LogP contribution in [0, 0.1) is 12.7 Å². The molecule has 0 fully saturated rings. The van der Waals surface area contributed by atoms with E-state index in [1.165, 1.54) is 41.8 Å². The van der Waals surface area contributed by atoms with Gasteiger partial charge in [-0.1, -0.05) is 0 Å². The van der Waals surface area contributed by atoms with E-state index in [0.29, 0.717) is 23.9 Å². The highest BCUT2D eigenvalue weighted by molar-refractivity contribution is 7.11. The Morgan fingerprint density at radius 1 is 1.16 bits per heavy atom. The first-order valence-corrected chi connectivity index (χ1v) is 8.26. The highest BCUT2D eigenvalue weighted by Crippen LogP contribution is 2.20. The summed E-state index contributed by atoms with van der Waals surface area (Å²) in [4.78, 5) is 21.1. The first-order chi connectivity index (χ1) is 12.1. The summed E-state index contributed by atoms with van der Waals surface area (Å²) in [5, 5.41) is 6.39. The average Bonchev–Trinajstić information content (AvgIpc) is 3.02. The monoisotopic (exact) mass is 358 g/mol. The number of hydrogen-bond acceptors (Lipinski definition) is 5. The van der Waals surface area contributed by atoms with Crippen LogP contribution in [0.15, 0.2) is 48.8 Å². The predicted molar refractivity (Wildman–Crippen MR) is 93.4 cm³/mol. The molecule has 0 atom stereocenters. The maximum absolute atomic E-state index is 12.9. The number of anilines is 1. The molecule has 8 heteroatoms. The SMILES string of the molecule is Cc1ncc(CNC(=O)Nc2ccc(Oc3ccc(F)cc3)nc2)s1. The van der Waals surface area contributed by atoms with Gasteiger partial charge < -0.3 is 15.4 Å². The topological polar surface area (TPSA) is 76.1 Å². The van der Waals surface area contributed by atoms with Crippen molar-refractivity contribution < 1.29 is 13.9 Å². The molecule has 1 aromatic carbocycles. The third-order valence-corrected chi connectivity index (χ3v) is 4.04. The van der Waals surface area contributed by atoms with Gasteiger partial charge in [0.15, 0.2) is 0 Å². The van der Waals surface area contributed by atoms with Crippen LogP contribution in [0.3, 0.4) is 0 Å². The van der Waals surface area contributed by atoms with Crippen molar-refractivity contribution in [3.05, 3.63) is 64.5 Å². The molecule has 2 N–H and O–H groups in total. The van der Waals surface area contributed by atoms with Gasteiger partial charge in [0.2, 0.25) is 5.88 Å². The van der Waals surface area contributed by atoms with Crippen molar-refractivity contribution in [2.75, 3.05) is 5.32 Å². The number of hydrogen-bond donors (Lipinski definition) is 2. The van der Waals surface area contributed by atoms with Crippen LogP contribution in [0.25, 0.3) is 0 Å². The van der Waals surface area contributed by atoms with Gasteiger partial charge in [0.05, 0.1) is 23.4 Å². The Morgan fingerprint density at radius 2 is 1.96 bits per heavy atom. The van der Waals surface area contributed by atoms with Crippen molar-refractivity contribution in [3.8, 4) is 11.6 Å². The maximum atomic E-state index is 12.9. The zero-order valence-electron chi connectivity index (χ0n) is 13.3. The van der Waals surface area contributed by atoms with Gasteiger partial charge in [0, 0.05) is 17.1 Å². The molecule has 0 unspecified atom stereocenters. The number of aryl methyl sites for hydroxylation is 1. The van der Waals surface area contributed by atoms with E-state index in [-0.39, 0.29) is 11.8 Å². The van der Waals surface area contributed by atoms with E-state index in [4.69, 9.17) is 4.74 Å². The van der Waals surface area contributed by atoms with Crippen molar-refractivity contribution in [2.45, 2.75) is 13.5 Å². The second-order valence-corrected chi connectivity index (χ2v) is 6.41. The largest absolute Gasteiger partial charge is 0.439 e. The Hall–Kier alpha value is -3.00. The highest BCUT2D eigenvalue weighted by atomic mass is 32.1. The molecule has 2 aromatic heterocycles. The lowest BCUT2D eigenvalue weighted by atomic mass is 10.3. The fraction of sp³-hybridized carbons (Fsp3) is 0.118. The first-order valence-electron chi connectivity index (χ1n) is 7.44. The molecule has 3 aromatic rings. The van der Waals surface area contributed by atoms with E-state index in [2.05, 4.69) is 20.6 Å². The molecule has 3 rings (SSSR count). The Balaban J connectivity index is 1.51. The molecule has 128 valence electrons. The number of urea groups is 1. The molecule has 2 heterocycles. The fourth-order valence-corrected chi connectivity index (χ4v) is 2.70. The number of amides is 2. The van der Waals surface area contributed by atoms with Crippen LogP contribution in [0.2, 0.25) is 0 Å². The number of thiazole rings is 1. The third-order valence-electron chi connectivity index (χ3n) is 3.12. The lowest BCUT2D eigenvalue weighted by molar-refractivity contribution is 0.252. The second kappa shape index (κ2) is 7.71. The number of carbonyl (C=O) groups excluding carboxylic acids is 1. The number of carbonyl (C=O) groups is 1. The Labute approximate surface area is 147 Å². The number of halogens is 1. The summed E-state index contributed by atoms with van der Waals surface area (Å²) in [5.74, 6) is 0.490. The minimum atomic E-state index is -0.334. The number of nitrogens with zero attached hydrogens (tertiary/aromatic N) is 2. The minimum Gasteiger partial charge on any atom is -0.439 e. The summed E-state index contributed by atoms with van der Waals surface area (Å²) < 4.78 is 18.3. The Bertz CT molecular complexity index is 850. The quantitative estimate of drug-likeness (QED) is 0.720. The van der Waals surface area contributed by atoms with Crippen molar-refractivity contribution in [3.63, 3.8) is 0 Å². The fourth-order valence-electron chi connectivity index (χ4n) is 1.97. The summed E-state index contributed by atoms with van der Waals surface area (Å²) >= 11 is 1.53. The van der Waals surface area contributed by atoms with Crippen molar-refractivity contribution in [1.82, 2.24) is 15.3 Å². The molecule has 0 aliphatic carbocycles. The highest BCUT2D eigenvalue weighted by Gasteiger charge is 2.05. The van der Waals surface area contributed by atoms with E-state index in [9.17, 15) is 9.18 Å². The van der Waals surface area contributed by atoms with Gasteiger partial charge in [0.1, 0.15) is 11.6 Å². The van der Waals surface area contributed by atoms with Crippen LogP contribution in [0.5, 0.6) is 11.6 Å². The molecule has 0 saturated heterocycles. The number of ether oxygens (including phenoxy) is 1. The van der Waals surface area contributed by atoms with Crippen LogP contribution in [-0.4, -0.2) is 16.0 Å². The van der Waals surface area contributed by atoms with Crippen molar-refractivity contribution >= 4 is 23.1 Å². The van der Waals surface area contributed by atoms with E-state index >= 15 is 0 Å². The number of aromatic nitrogens is 2. The maximum Gasteiger partial charge on any atom is 0.319 e. The van der Waals surface area contributed by atoms with E-state index in [1.54, 1.807) is 18.3 Å². The summed E-state index contributed by atoms with van der Waals surface area (Å²) in [7, 11) is 0. The van der Waals surface area contributed by atoms with E-state index < -0.39 is 0 Å². The van der Waals surface area contributed by atoms with Gasteiger partial charge in [-0.25, -0.2) is 19.2 Å². The molecule has 2 amide bonds. The lowest BCUT2D eigenvalue weighted by Gasteiger charge is -2.08. The van der Waals surface area contributed by atoms with Crippen LogP contribution in [-0.2, 0) is 6.54 Å². The molecule has 0 saturated carbocycles. The van der Waals surface area contributed by atoms with Gasteiger partial charge in [-0.15, -0.1) is 11.3 Å². The van der Waals surface area contributed by atoms with Gasteiger partial charge >= 0.3 is 6.03 Å². The molecule has 0 spiro atoms. The van der Waals surface area contributed by atoms with Crippen LogP contribution in [0.4, 0.5) is 14.9 Å². The molecule has 0 aliphatic heterocycles. The van der Waals surface area contributed by atoms with Crippen molar-refractivity contribution in [1.29, 1.82) is 0 Å². The lowest BCUT2D eigenvalue weighted by Crippen LogP contribution is -2.27. The van der Waals surface area contributed by atoms with Gasteiger partial charge in [-0.05, 0) is 37.3 Å². The molecule has 0 bridgehead atoms. The van der Waals surface area contributed by atoms with E-state index in [0.717, 1.165) is 9.88 Å². The molecule has 6 nitrogen and oxygen atoms in total. The standard InChI is InChI=1S/C17H15FN4O2S/c1-11-19-9-15(25-11)10-21-17(23)22-13-4-7-16(20-8-13)24-14-5-2-12(18)3-6-14/h2-9H,10H2,1H3,(H2,21,22,23). The second-order valence-electron chi connectivity index (χ2n) is 5.09. The third kappa shape index (κ3) is 4.98. The normalized spacial score (nSPS) is 10.3. The molecular formula is C17H15FN4O2S. The summed E-state index contributed by atoms with van der Waals surface area (Å²) in [6.07, 6.45) is 3.22. The van der Waals surface area contributed by atoms with Crippen LogP contribution in [0.1, 0.15) is 9.88 Å². The Morgan fingerprint density at radius 3 is 2.60 bits per heavy atom. The molecular weight excluding hydrogens is 343 g/mol. The summed E-state index contributed by atoms with van der Waals surface area (Å²) in [5.41, 5.74) is 0.532. The summed E-state index contributed by atoms with van der Waals surface area (Å²) in [6, 6.07) is 8.59. The van der Waals surface area contributed by atoms with Crippen LogP contribution >= 0.6 is 11.3 Å². The molecule has 0 radical (unpaired) electrons. The van der Waals surface area contributed by atoms with Crippen LogP contribution < -0.4 is 15.4 Å². The van der Waals surface area contributed by atoms with Gasteiger partial charge in [0.25, 0.3) is 0 Å². The molecule has 0 aliphatic rings. The first kappa shape index (κ1) is 16.8. The van der Waals surface area contributed by atoms with E-state index in [1.807, 2.05) is 6.92 Å².